The molecule has 0 saturated heterocycles. The van der Waals surface area contributed by atoms with Crippen LogP contribution < -0.4 is 0 Å². The Morgan fingerprint density at radius 3 is 2.75 bits per heavy atom. The molecule has 1 aliphatic carbocycles. The SMILES string of the molecule is C[C@]1(O)CC[C@H](c2nccc(CO)n2)CC1. The average molecular weight is 222 g/mol. The normalized spacial score (nSPS) is 30.3. The van der Waals surface area contributed by atoms with E-state index in [1.807, 2.05) is 6.92 Å². The maximum Gasteiger partial charge on any atom is 0.131 e. The highest BCUT2D eigenvalue weighted by Crippen LogP contribution is 2.36. The maximum absolute atomic E-state index is 9.86. The molecule has 0 aliphatic heterocycles. The number of rotatable bonds is 2. The van der Waals surface area contributed by atoms with Crippen LogP contribution in [0.4, 0.5) is 0 Å². The lowest BCUT2D eigenvalue weighted by atomic mass is 9.79. The van der Waals surface area contributed by atoms with Gasteiger partial charge in [0.05, 0.1) is 17.9 Å². The van der Waals surface area contributed by atoms with Gasteiger partial charge in [-0.2, -0.15) is 0 Å². The van der Waals surface area contributed by atoms with Crippen LogP contribution in [0.5, 0.6) is 0 Å². The lowest BCUT2D eigenvalue weighted by molar-refractivity contribution is 0.0164. The zero-order chi connectivity index (χ0) is 11.6. The highest BCUT2D eigenvalue weighted by molar-refractivity contribution is 5.06. The second-order valence-electron chi connectivity index (χ2n) is 4.84. The van der Waals surface area contributed by atoms with Crippen molar-refractivity contribution in [3.05, 3.63) is 23.8 Å². The molecule has 16 heavy (non-hydrogen) atoms. The summed E-state index contributed by atoms with van der Waals surface area (Å²) in [7, 11) is 0. The van der Waals surface area contributed by atoms with Gasteiger partial charge in [0.1, 0.15) is 5.82 Å². The predicted molar refractivity (Wildman–Crippen MR) is 59.8 cm³/mol. The van der Waals surface area contributed by atoms with Crippen LogP contribution in [0.25, 0.3) is 0 Å². The molecule has 0 spiro atoms. The topological polar surface area (TPSA) is 66.2 Å². The summed E-state index contributed by atoms with van der Waals surface area (Å²) in [5.74, 6) is 1.13. The van der Waals surface area contributed by atoms with E-state index < -0.39 is 5.60 Å². The third-order valence-corrected chi connectivity index (χ3v) is 3.32. The van der Waals surface area contributed by atoms with Crippen molar-refractivity contribution in [2.45, 2.75) is 50.7 Å². The Kier molecular flexibility index (Phi) is 3.21. The van der Waals surface area contributed by atoms with E-state index in [4.69, 9.17) is 5.11 Å². The minimum atomic E-state index is -0.523. The van der Waals surface area contributed by atoms with E-state index in [2.05, 4.69) is 9.97 Å². The lowest BCUT2D eigenvalue weighted by Gasteiger charge is -2.32. The molecule has 1 aromatic rings. The van der Waals surface area contributed by atoms with Gasteiger partial charge in [0.15, 0.2) is 0 Å². The molecule has 1 aromatic heterocycles. The molecule has 2 rings (SSSR count). The summed E-state index contributed by atoms with van der Waals surface area (Å²) in [6.07, 6.45) is 5.12. The Morgan fingerprint density at radius 2 is 2.12 bits per heavy atom. The van der Waals surface area contributed by atoms with Crippen LogP contribution >= 0.6 is 0 Å². The molecule has 2 N–H and O–H groups in total. The van der Waals surface area contributed by atoms with Gasteiger partial charge in [-0.15, -0.1) is 0 Å². The molecule has 1 aliphatic rings. The quantitative estimate of drug-likeness (QED) is 0.793. The number of aromatic nitrogens is 2. The molecule has 88 valence electrons. The first kappa shape index (κ1) is 11.5. The van der Waals surface area contributed by atoms with Crippen LogP contribution in [-0.2, 0) is 6.61 Å². The second kappa shape index (κ2) is 4.47. The second-order valence-corrected chi connectivity index (χ2v) is 4.84. The molecule has 0 amide bonds. The van der Waals surface area contributed by atoms with E-state index in [-0.39, 0.29) is 6.61 Å². The summed E-state index contributed by atoms with van der Waals surface area (Å²) in [5.41, 5.74) is 0.146. The van der Waals surface area contributed by atoms with Crippen molar-refractivity contribution in [1.29, 1.82) is 0 Å². The minimum absolute atomic E-state index is 0.0417. The lowest BCUT2D eigenvalue weighted by Crippen LogP contribution is -2.30. The van der Waals surface area contributed by atoms with Gasteiger partial charge < -0.3 is 10.2 Å². The third-order valence-electron chi connectivity index (χ3n) is 3.32. The van der Waals surface area contributed by atoms with Gasteiger partial charge in [-0.1, -0.05) is 0 Å². The number of nitrogens with zero attached hydrogens (tertiary/aromatic N) is 2. The first-order valence-electron chi connectivity index (χ1n) is 5.76. The van der Waals surface area contributed by atoms with Crippen molar-refractivity contribution >= 4 is 0 Å². The molecular weight excluding hydrogens is 204 g/mol. The zero-order valence-electron chi connectivity index (χ0n) is 9.56. The monoisotopic (exact) mass is 222 g/mol. The molecular formula is C12H18N2O2. The van der Waals surface area contributed by atoms with Gasteiger partial charge in [-0.05, 0) is 38.7 Å². The van der Waals surface area contributed by atoms with Crippen molar-refractivity contribution in [2.75, 3.05) is 0 Å². The van der Waals surface area contributed by atoms with Gasteiger partial charge in [0.25, 0.3) is 0 Å². The molecule has 0 bridgehead atoms. The van der Waals surface area contributed by atoms with Crippen LogP contribution in [0.1, 0.15) is 50.0 Å². The first-order chi connectivity index (χ1) is 7.61. The Bertz CT molecular complexity index is 356. The largest absolute Gasteiger partial charge is 0.390 e. The van der Waals surface area contributed by atoms with Crippen molar-refractivity contribution < 1.29 is 10.2 Å². The fraction of sp³-hybridized carbons (Fsp3) is 0.667. The molecule has 0 aromatic carbocycles. The molecule has 0 radical (unpaired) electrons. The summed E-state index contributed by atoms with van der Waals surface area (Å²) >= 11 is 0. The molecule has 0 unspecified atom stereocenters. The predicted octanol–water partition coefficient (Wildman–Crippen LogP) is 1.38. The maximum atomic E-state index is 9.86. The Morgan fingerprint density at radius 1 is 1.44 bits per heavy atom. The summed E-state index contributed by atoms with van der Waals surface area (Å²) < 4.78 is 0. The number of aliphatic hydroxyl groups excluding tert-OH is 1. The molecule has 4 heteroatoms. The zero-order valence-corrected chi connectivity index (χ0v) is 9.56. The van der Waals surface area contributed by atoms with E-state index in [9.17, 15) is 5.11 Å². The van der Waals surface area contributed by atoms with E-state index in [1.54, 1.807) is 12.3 Å². The molecule has 0 atom stereocenters. The van der Waals surface area contributed by atoms with Crippen LogP contribution in [0.15, 0.2) is 12.3 Å². The van der Waals surface area contributed by atoms with Crippen molar-refractivity contribution in [2.24, 2.45) is 0 Å². The van der Waals surface area contributed by atoms with Gasteiger partial charge in [0, 0.05) is 12.1 Å². The highest BCUT2D eigenvalue weighted by atomic mass is 16.3. The summed E-state index contributed by atoms with van der Waals surface area (Å²) in [4.78, 5) is 8.57. The fourth-order valence-corrected chi connectivity index (χ4v) is 2.20. The van der Waals surface area contributed by atoms with Crippen LogP contribution in [0.3, 0.4) is 0 Å². The van der Waals surface area contributed by atoms with Crippen LogP contribution in [-0.4, -0.2) is 25.8 Å². The summed E-state index contributed by atoms with van der Waals surface area (Å²) in [6, 6.07) is 1.72. The van der Waals surface area contributed by atoms with E-state index in [0.29, 0.717) is 11.6 Å². The molecule has 1 fully saturated rings. The highest BCUT2D eigenvalue weighted by Gasteiger charge is 2.30. The Hall–Kier alpha value is -1.00. The Labute approximate surface area is 95.4 Å². The van der Waals surface area contributed by atoms with Gasteiger partial charge in [-0.25, -0.2) is 9.97 Å². The average Bonchev–Trinajstić information content (AvgIpc) is 2.29. The van der Waals surface area contributed by atoms with E-state index in [1.165, 1.54) is 0 Å². The van der Waals surface area contributed by atoms with E-state index >= 15 is 0 Å². The third kappa shape index (κ3) is 2.57. The van der Waals surface area contributed by atoms with Crippen molar-refractivity contribution in [3.8, 4) is 0 Å². The van der Waals surface area contributed by atoms with Crippen molar-refractivity contribution in [1.82, 2.24) is 9.97 Å². The van der Waals surface area contributed by atoms with Gasteiger partial charge >= 0.3 is 0 Å². The van der Waals surface area contributed by atoms with Crippen LogP contribution in [0, 0.1) is 0 Å². The standard InChI is InChI=1S/C12H18N2O2/c1-12(16)5-2-9(3-6-12)11-13-7-4-10(8-15)14-11/h4,7,9,15-16H,2-3,5-6,8H2,1H3/t9-,12-. The number of aliphatic hydroxyl groups is 2. The number of hydrogen-bond acceptors (Lipinski definition) is 4. The molecule has 1 saturated carbocycles. The smallest absolute Gasteiger partial charge is 0.131 e. The number of hydrogen-bond donors (Lipinski definition) is 2. The van der Waals surface area contributed by atoms with Gasteiger partial charge in [-0.3, -0.25) is 0 Å². The summed E-state index contributed by atoms with van der Waals surface area (Å²) in [5, 5.41) is 18.9. The first-order valence-corrected chi connectivity index (χ1v) is 5.76. The van der Waals surface area contributed by atoms with Gasteiger partial charge in [0.2, 0.25) is 0 Å². The molecule has 1 heterocycles. The Balaban J connectivity index is 2.08. The van der Waals surface area contributed by atoms with Crippen LogP contribution in [0.2, 0.25) is 0 Å². The summed E-state index contributed by atoms with van der Waals surface area (Å²) in [6.45, 7) is 1.84. The van der Waals surface area contributed by atoms with Crippen molar-refractivity contribution in [3.63, 3.8) is 0 Å². The molecule has 4 nitrogen and oxygen atoms in total. The minimum Gasteiger partial charge on any atom is -0.390 e. The van der Waals surface area contributed by atoms with E-state index in [0.717, 1.165) is 31.5 Å². The fourth-order valence-electron chi connectivity index (χ4n) is 2.20.